The molecule has 2 aliphatic rings. The van der Waals surface area contributed by atoms with Crippen LogP contribution in [-0.4, -0.2) is 58.0 Å². The van der Waals surface area contributed by atoms with Crippen LogP contribution in [0.15, 0.2) is 30.5 Å². The van der Waals surface area contributed by atoms with Gasteiger partial charge in [0.25, 0.3) is 5.91 Å². The lowest BCUT2D eigenvalue weighted by atomic mass is 10.1. The molecular formula is C21H28N4O2. The van der Waals surface area contributed by atoms with Gasteiger partial charge in [0.15, 0.2) is 0 Å². The van der Waals surface area contributed by atoms with Crippen LogP contribution in [0.3, 0.4) is 0 Å². The van der Waals surface area contributed by atoms with Crippen LogP contribution in [0.25, 0.3) is 0 Å². The second-order valence-corrected chi connectivity index (χ2v) is 7.61. The number of rotatable bonds is 5. The summed E-state index contributed by atoms with van der Waals surface area (Å²) in [6.45, 7) is 6.71. The number of nitrogens with one attached hydrogen (secondary N) is 1. The number of ether oxygens (including phenoxy) is 1. The second kappa shape index (κ2) is 8.13. The van der Waals surface area contributed by atoms with E-state index in [0.29, 0.717) is 0 Å². The number of hydrogen-bond acceptors (Lipinski definition) is 4. The smallest absolute Gasteiger partial charge is 0.253 e. The van der Waals surface area contributed by atoms with Crippen LogP contribution < -0.4 is 4.74 Å². The summed E-state index contributed by atoms with van der Waals surface area (Å²) in [5.74, 6) is 1.96. The average molecular weight is 368 g/mol. The lowest BCUT2D eigenvalue weighted by molar-refractivity contribution is 0.0792. The monoisotopic (exact) mass is 368 g/mol. The van der Waals surface area contributed by atoms with Crippen LogP contribution in [0.2, 0.25) is 0 Å². The SMILES string of the molecule is Cc1ncc(CN2CCC(Oc3ccc(C(=O)N4CCCC4)cc3)CC2)[nH]1. The molecule has 0 unspecified atom stereocenters. The van der Waals surface area contributed by atoms with Crippen molar-refractivity contribution in [3.05, 3.63) is 47.5 Å². The molecule has 2 fully saturated rings. The number of aromatic amines is 1. The largest absolute Gasteiger partial charge is 0.490 e. The number of aryl methyl sites for hydroxylation is 1. The van der Waals surface area contributed by atoms with Gasteiger partial charge in [0.05, 0.1) is 0 Å². The van der Waals surface area contributed by atoms with Crippen LogP contribution in [0.1, 0.15) is 47.6 Å². The standard InChI is InChI=1S/C21H28N4O2/c1-16-22-14-18(23-16)15-24-12-8-20(9-13-24)27-19-6-4-17(5-7-19)21(26)25-10-2-3-11-25/h4-7,14,20H,2-3,8-13,15H2,1H3,(H,22,23). The molecular weight excluding hydrogens is 340 g/mol. The first-order chi connectivity index (χ1) is 13.2. The van der Waals surface area contributed by atoms with E-state index >= 15 is 0 Å². The zero-order valence-electron chi connectivity index (χ0n) is 16.0. The summed E-state index contributed by atoms with van der Waals surface area (Å²) >= 11 is 0. The Hall–Kier alpha value is -2.34. The Bertz CT molecular complexity index is 757. The number of aromatic nitrogens is 2. The number of benzene rings is 1. The van der Waals surface area contributed by atoms with Crippen molar-refractivity contribution in [2.45, 2.75) is 45.3 Å². The van der Waals surface area contributed by atoms with Gasteiger partial charge in [0.2, 0.25) is 0 Å². The van der Waals surface area contributed by atoms with Crippen LogP contribution in [0, 0.1) is 6.92 Å². The highest BCUT2D eigenvalue weighted by atomic mass is 16.5. The van der Waals surface area contributed by atoms with E-state index in [4.69, 9.17) is 4.74 Å². The van der Waals surface area contributed by atoms with E-state index in [1.165, 1.54) is 5.69 Å². The number of carbonyl (C=O) groups is 1. The minimum atomic E-state index is 0.140. The van der Waals surface area contributed by atoms with Gasteiger partial charge in [-0.25, -0.2) is 4.98 Å². The highest BCUT2D eigenvalue weighted by Gasteiger charge is 2.22. The molecule has 0 aliphatic carbocycles. The van der Waals surface area contributed by atoms with Crippen LogP contribution in [-0.2, 0) is 6.54 Å². The number of amides is 1. The summed E-state index contributed by atoms with van der Waals surface area (Å²) < 4.78 is 6.15. The maximum Gasteiger partial charge on any atom is 0.253 e. The molecule has 1 amide bonds. The van der Waals surface area contributed by atoms with Crippen LogP contribution >= 0.6 is 0 Å². The summed E-state index contributed by atoms with van der Waals surface area (Å²) in [7, 11) is 0. The van der Waals surface area contributed by atoms with E-state index in [9.17, 15) is 4.79 Å². The van der Waals surface area contributed by atoms with Gasteiger partial charge in [-0.05, 0) is 56.9 Å². The van der Waals surface area contributed by atoms with E-state index in [0.717, 1.165) is 75.5 Å². The zero-order chi connectivity index (χ0) is 18.6. The Morgan fingerprint density at radius 3 is 2.48 bits per heavy atom. The molecule has 1 aromatic carbocycles. The van der Waals surface area contributed by atoms with E-state index < -0.39 is 0 Å². The first kappa shape index (κ1) is 18.0. The molecule has 0 atom stereocenters. The molecule has 27 heavy (non-hydrogen) atoms. The Kier molecular flexibility index (Phi) is 5.43. The molecule has 0 radical (unpaired) electrons. The highest BCUT2D eigenvalue weighted by Crippen LogP contribution is 2.21. The van der Waals surface area contributed by atoms with E-state index in [-0.39, 0.29) is 12.0 Å². The summed E-state index contributed by atoms with van der Waals surface area (Å²) in [4.78, 5) is 24.3. The van der Waals surface area contributed by atoms with E-state index in [1.54, 1.807) is 0 Å². The van der Waals surface area contributed by atoms with Crippen LogP contribution in [0.4, 0.5) is 0 Å². The van der Waals surface area contributed by atoms with Gasteiger partial charge in [0, 0.05) is 50.2 Å². The molecule has 1 aromatic heterocycles. The van der Waals surface area contributed by atoms with Gasteiger partial charge in [-0.2, -0.15) is 0 Å². The molecule has 0 spiro atoms. The van der Waals surface area contributed by atoms with Gasteiger partial charge in [-0.3, -0.25) is 9.69 Å². The Balaban J connectivity index is 1.25. The number of carbonyl (C=O) groups excluding carboxylic acids is 1. The average Bonchev–Trinajstić information content (AvgIpc) is 3.35. The molecule has 6 heteroatoms. The summed E-state index contributed by atoms with van der Waals surface area (Å²) in [6.07, 6.45) is 6.42. The number of likely N-dealkylation sites (tertiary alicyclic amines) is 2. The van der Waals surface area contributed by atoms with Crippen LogP contribution in [0.5, 0.6) is 5.75 Å². The zero-order valence-corrected chi connectivity index (χ0v) is 16.0. The molecule has 2 aromatic rings. The molecule has 2 aliphatic heterocycles. The predicted molar refractivity (Wildman–Crippen MR) is 104 cm³/mol. The molecule has 0 bridgehead atoms. The molecule has 4 rings (SSSR count). The summed E-state index contributed by atoms with van der Waals surface area (Å²) in [5, 5.41) is 0. The minimum absolute atomic E-state index is 0.140. The fourth-order valence-corrected chi connectivity index (χ4v) is 3.95. The normalized spacial score (nSPS) is 18.8. The molecule has 2 saturated heterocycles. The van der Waals surface area contributed by atoms with Crippen molar-refractivity contribution in [1.82, 2.24) is 19.8 Å². The van der Waals surface area contributed by atoms with E-state index in [2.05, 4.69) is 14.9 Å². The molecule has 0 saturated carbocycles. The lowest BCUT2D eigenvalue weighted by Gasteiger charge is -2.31. The van der Waals surface area contributed by atoms with Crippen molar-refractivity contribution in [2.75, 3.05) is 26.2 Å². The maximum atomic E-state index is 12.4. The van der Waals surface area contributed by atoms with Crippen molar-refractivity contribution in [1.29, 1.82) is 0 Å². The lowest BCUT2D eigenvalue weighted by Crippen LogP contribution is -2.37. The predicted octanol–water partition coefficient (Wildman–Crippen LogP) is 3.00. The number of hydrogen-bond donors (Lipinski definition) is 1. The third kappa shape index (κ3) is 4.50. The first-order valence-corrected chi connectivity index (χ1v) is 9.96. The number of nitrogens with zero attached hydrogens (tertiary/aromatic N) is 3. The maximum absolute atomic E-state index is 12.4. The second-order valence-electron chi connectivity index (χ2n) is 7.61. The number of imidazole rings is 1. The van der Waals surface area contributed by atoms with Gasteiger partial charge in [-0.1, -0.05) is 0 Å². The number of piperidine rings is 1. The minimum Gasteiger partial charge on any atom is -0.490 e. The van der Waals surface area contributed by atoms with Crippen molar-refractivity contribution >= 4 is 5.91 Å². The summed E-state index contributed by atoms with van der Waals surface area (Å²) in [5.41, 5.74) is 1.93. The quantitative estimate of drug-likeness (QED) is 0.881. The Morgan fingerprint density at radius 2 is 1.85 bits per heavy atom. The van der Waals surface area contributed by atoms with Crippen molar-refractivity contribution in [3.63, 3.8) is 0 Å². The molecule has 144 valence electrons. The molecule has 3 heterocycles. The van der Waals surface area contributed by atoms with Crippen molar-refractivity contribution < 1.29 is 9.53 Å². The van der Waals surface area contributed by atoms with Crippen molar-refractivity contribution in [2.24, 2.45) is 0 Å². The van der Waals surface area contributed by atoms with Gasteiger partial charge in [-0.15, -0.1) is 0 Å². The fourth-order valence-electron chi connectivity index (χ4n) is 3.95. The third-order valence-corrected chi connectivity index (χ3v) is 5.48. The van der Waals surface area contributed by atoms with Gasteiger partial charge < -0.3 is 14.6 Å². The first-order valence-electron chi connectivity index (χ1n) is 9.96. The molecule has 1 N–H and O–H groups in total. The highest BCUT2D eigenvalue weighted by molar-refractivity contribution is 5.94. The van der Waals surface area contributed by atoms with Gasteiger partial charge in [0.1, 0.15) is 17.7 Å². The fraction of sp³-hybridized carbons (Fsp3) is 0.524. The Labute approximate surface area is 160 Å². The van der Waals surface area contributed by atoms with Crippen molar-refractivity contribution in [3.8, 4) is 5.75 Å². The van der Waals surface area contributed by atoms with Gasteiger partial charge >= 0.3 is 0 Å². The Morgan fingerprint density at radius 1 is 1.15 bits per heavy atom. The number of H-pyrrole nitrogens is 1. The van der Waals surface area contributed by atoms with E-state index in [1.807, 2.05) is 42.3 Å². The molecule has 6 nitrogen and oxygen atoms in total. The topological polar surface area (TPSA) is 61.5 Å². The third-order valence-electron chi connectivity index (χ3n) is 5.48. The summed E-state index contributed by atoms with van der Waals surface area (Å²) in [6, 6.07) is 7.66.